The lowest BCUT2D eigenvalue weighted by Gasteiger charge is -2.39. The predicted octanol–water partition coefficient (Wildman–Crippen LogP) is 2.63. The summed E-state index contributed by atoms with van der Waals surface area (Å²) < 4.78 is 5.42. The van der Waals surface area contributed by atoms with E-state index in [1.54, 1.807) is 7.11 Å². The van der Waals surface area contributed by atoms with Gasteiger partial charge in [-0.05, 0) is 32.1 Å². The summed E-state index contributed by atoms with van der Waals surface area (Å²) in [6, 6.07) is 0. The number of hydrogen-bond acceptors (Lipinski definition) is 2. The van der Waals surface area contributed by atoms with Gasteiger partial charge >= 0.3 is 0 Å². The summed E-state index contributed by atoms with van der Waals surface area (Å²) in [5.41, 5.74) is -0.139. The molecule has 4 heteroatoms. The summed E-state index contributed by atoms with van der Waals surface area (Å²) in [5, 5.41) is 4.01. The van der Waals surface area contributed by atoms with Crippen LogP contribution in [0.2, 0.25) is 0 Å². The van der Waals surface area contributed by atoms with Gasteiger partial charge in [0.05, 0.1) is 12.0 Å². The van der Waals surface area contributed by atoms with Crippen molar-refractivity contribution >= 4 is 21.8 Å². The fourth-order valence-corrected chi connectivity index (χ4v) is 2.40. The minimum Gasteiger partial charge on any atom is -0.378 e. The molecular formula is C12H22BrNO2. The maximum atomic E-state index is 11.6. The highest BCUT2D eigenvalue weighted by Crippen LogP contribution is 2.37. The second-order valence-corrected chi connectivity index (χ2v) is 5.31. The standard InChI is InChI=1S/C12H22BrNO2/c1-16-12(6-5-7-12)10-11(15)14-9-4-2-3-8-13/h2-10H2,1H3,(H,14,15). The van der Waals surface area contributed by atoms with E-state index in [2.05, 4.69) is 21.2 Å². The Bertz CT molecular complexity index is 212. The smallest absolute Gasteiger partial charge is 0.222 e. The van der Waals surface area contributed by atoms with Crippen molar-refractivity contribution in [2.24, 2.45) is 0 Å². The summed E-state index contributed by atoms with van der Waals surface area (Å²) in [7, 11) is 1.71. The van der Waals surface area contributed by atoms with Gasteiger partial charge in [-0.15, -0.1) is 0 Å². The van der Waals surface area contributed by atoms with Gasteiger partial charge in [-0.2, -0.15) is 0 Å². The number of ether oxygens (including phenoxy) is 1. The molecule has 0 heterocycles. The molecule has 0 aromatic carbocycles. The fourth-order valence-electron chi connectivity index (χ4n) is 2.00. The number of nitrogens with one attached hydrogen (secondary N) is 1. The maximum absolute atomic E-state index is 11.6. The minimum absolute atomic E-state index is 0.139. The molecule has 0 aliphatic heterocycles. The van der Waals surface area contributed by atoms with Crippen LogP contribution in [0.1, 0.15) is 44.9 Å². The first-order valence-electron chi connectivity index (χ1n) is 6.10. The molecule has 0 bridgehead atoms. The number of alkyl halides is 1. The van der Waals surface area contributed by atoms with Crippen molar-refractivity contribution in [1.82, 2.24) is 5.32 Å². The molecule has 0 unspecified atom stereocenters. The topological polar surface area (TPSA) is 38.3 Å². The third-order valence-corrected chi connectivity index (χ3v) is 3.87. The molecule has 1 aliphatic carbocycles. The van der Waals surface area contributed by atoms with Gasteiger partial charge in [-0.3, -0.25) is 4.79 Å². The van der Waals surface area contributed by atoms with Crippen molar-refractivity contribution < 1.29 is 9.53 Å². The lowest BCUT2D eigenvalue weighted by Crippen LogP contribution is -2.44. The monoisotopic (exact) mass is 291 g/mol. The highest BCUT2D eigenvalue weighted by molar-refractivity contribution is 9.09. The Hall–Kier alpha value is -0.0900. The Morgan fingerprint density at radius 3 is 2.62 bits per heavy atom. The van der Waals surface area contributed by atoms with Crippen LogP contribution in [-0.4, -0.2) is 30.5 Å². The predicted molar refractivity (Wildman–Crippen MR) is 68.9 cm³/mol. The lowest BCUT2D eigenvalue weighted by atomic mass is 9.77. The van der Waals surface area contributed by atoms with Crippen molar-refractivity contribution in [2.45, 2.75) is 50.5 Å². The maximum Gasteiger partial charge on any atom is 0.222 e. The number of hydrogen-bond donors (Lipinski definition) is 1. The summed E-state index contributed by atoms with van der Waals surface area (Å²) in [6.45, 7) is 0.797. The molecule has 3 nitrogen and oxygen atoms in total. The van der Waals surface area contributed by atoms with Crippen LogP contribution >= 0.6 is 15.9 Å². The van der Waals surface area contributed by atoms with E-state index in [1.165, 1.54) is 19.3 Å². The van der Waals surface area contributed by atoms with E-state index in [0.717, 1.165) is 31.1 Å². The average molecular weight is 292 g/mol. The van der Waals surface area contributed by atoms with Crippen molar-refractivity contribution in [3.63, 3.8) is 0 Å². The number of amides is 1. The number of methoxy groups -OCH3 is 1. The van der Waals surface area contributed by atoms with Crippen molar-refractivity contribution in [3.8, 4) is 0 Å². The van der Waals surface area contributed by atoms with Gasteiger partial charge in [0.1, 0.15) is 0 Å². The number of carbonyl (C=O) groups excluding carboxylic acids is 1. The Morgan fingerprint density at radius 2 is 2.12 bits per heavy atom. The summed E-state index contributed by atoms with van der Waals surface area (Å²) in [6.07, 6.45) is 7.19. The summed E-state index contributed by atoms with van der Waals surface area (Å²) in [4.78, 5) is 11.6. The largest absolute Gasteiger partial charge is 0.378 e. The first kappa shape index (κ1) is 14.0. The number of halogens is 1. The normalized spacial score (nSPS) is 17.9. The Balaban J connectivity index is 2.06. The van der Waals surface area contributed by atoms with Gasteiger partial charge in [0.15, 0.2) is 0 Å². The molecular weight excluding hydrogens is 270 g/mol. The molecule has 1 fully saturated rings. The van der Waals surface area contributed by atoms with Crippen LogP contribution in [0.15, 0.2) is 0 Å². The molecule has 1 N–H and O–H groups in total. The Labute approximate surface area is 106 Å². The van der Waals surface area contributed by atoms with Crippen LogP contribution in [0.3, 0.4) is 0 Å². The second-order valence-electron chi connectivity index (χ2n) is 4.52. The van der Waals surface area contributed by atoms with Gasteiger partial charge in [0.25, 0.3) is 0 Å². The summed E-state index contributed by atoms with van der Waals surface area (Å²) >= 11 is 3.39. The highest BCUT2D eigenvalue weighted by atomic mass is 79.9. The first-order valence-corrected chi connectivity index (χ1v) is 7.22. The van der Waals surface area contributed by atoms with Gasteiger partial charge in [0.2, 0.25) is 5.91 Å². The molecule has 94 valence electrons. The molecule has 0 atom stereocenters. The average Bonchev–Trinajstić information content (AvgIpc) is 2.23. The van der Waals surface area contributed by atoms with Gasteiger partial charge in [-0.25, -0.2) is 0 Å². The molecule has 0 radical (unpaired) electrons. The summed E-state index contributed by atoms with van der Waals surface area (Å²) in [5.74, 6) is 0.139. The molecule has 1 rings (SSSR count). The van der Waals surface area contributed by atoms with Crippen LogP contribution in [-0.2, 0) is 9.53 Å². The number of unbranched alkanes of at least 4 members (excludes halogenated alkanes) is 2. The first-order chi connectivity index (χ1) is 7.72. The van der Waals surface area contributed by atoms with Crippen molar-refractivity contribution in [2.75, 3.05) is 19.0 Å². The third kappa shape index (κ3) is 4.42. The van der Waals surface area contributed by atoms with Crippen LogP contribution < -0.4 is 5.32 Å². The molecule has 0 saturated heterocycles. The van der Waals surface area contributed by atoms with Gasteiger partial charge in [0, 0.05) is 19.0 Å². The van der Waals surface area contributed by atoms with E-state index in [4.69, 9.17) is 4.74 Å². The van der Waals surface area contributed by atoms with E-state index in [9.17, 15) is 4.79 Å². The highest BCUT2D eigenvalue weighted by Gasteiger charge is 2.38. The Kier molecular flexibility index (Phi) is 6.36. The number of rotatable bonds is 8. The lowest BCUT2D eigenvalue weighted by molar-refractivity contribution is -0.134. The Morgan fingerprint density at radius 1 is 1.38 bits per heavy atom. The quantitative estimate of drug-likeness (QED) is 0.551. The van der Waals surface area contributed by atoms with E-state index in [1.807, 2.05) is 0 Å². The fraction of sp³-hybridized carbons (Fsp3) is 0.917. The molecule has 1 aliphatic rings. The van der Waals surface area contributed by atoms with Crippen LogP contribution in [0.5, 0.6) is 0 Å². The van der Waals surface area contributed by atoms with E-state index >= 15 is 0 Å². The van der Waals surface area contributed by atoms with Crippen molar-refractivity contribution in [3.05, 3.63) is 0 Å². The molecule has 1 amide bonds. The van der Waals surface area contributed by atoms with Gasteiger partial charge < -0.3 is 10.1 Å². The van der Waals surface area contributed by atoms with Gasteiger partial charge in [-0.1, -0.05) is 22.4 Å². The van der Waals surface area contributed by atoms with Crippen molar-refractivity contribution in [1.29, 1.82) is 0 Å². The molecule has 0 aromatic rings. The molecule has 1 saturated carbocycles. The zero-order valence-corrected chi connectivity index (χ0v) is 11.6. The molecule has 0 spiro atoms. The van der Waals surface area contributed by atoms with Crippen LogP contribution in [0.25, 0.3) is 0 Å². The zero-order valence-electron chi connectivity index (χ0n) is 10.1. The van der Waals surface area contributed by atoms with Crippen LogP contribution in [0, 0.1) is 0 Å². The minimum atomic E-state index is -0.139. The zero-order chi connectivity index (χ0) is 11.9. The SMILES string of the molecule is COC1(CC(=O)NCCCCCBr)CCC1. The van der Waals surface area contributed by atoms with E-state index < -0.39 is 0 Å². The third-order valence-electron chi connectivity index (χ3n) is 3.31. The van der Waals surface area contributed by atoms with Crippen LogP contribution in [0.4, 0.5) is 0 Å². The van der Waals surface area contributed by atoms with E-state index in [0.29, 0.717) is 6.42 Å². The number of carbonyl (C=O) groups is 1. The molecule has 16 heavy (non-hydrogen) atoms. The molecule has 0 aromatic heterocycles. The second kappa shape index (κ2) is 7.28. The van der Waals surface area contributed by atoms with E-state index in [-0.39, 0.29) is 11.5 Å².